The third-order valence-corrected chi connectivity index (χ3v) is 5.05. The molecule has 0 saturated heterocycles. The number of hydrogen-bond acceptors (Lipinski definition) is 4. The molecule has 1 heterocycles. The summed E-state index contributed by atoms with van der Waals surface area (Å²) in [4.78, 5) is 25.3. The van der Waals surface area contributed by atoms with Crippen molar-refractivity contribution < 1.29 is 9.59 Å². The number of benzene rings is 1. The second kappa shape index (κ2) is 9.51. The SMILES string of the molecule is CC(C)CC(CN)NC(=O)CC1Sc2ccc(Cl)cc2NC1=O.Cl. The van der Waals surface area contributed by atoms with Crippen LogP contribution < -0.4 is 16.4 Å². The number of rotatable bonds is 6. The van der Waals surface area contributed by atoms with Crippen molar-refractivity contribution in [2.45, 2.75) is 42.9 Å². The van der Waals surface area contributed by atoms with Crippen LogP contribution in [0.1, 0.15) is 26.7 Å². The molecule has 4 N–H and O–H groups in total. The van der Waals surface area contributed by atoms with Gasteiger partial charge in [-0.05, 0) is 30.5 Å². The van der Waals surface area contributed by atoms with Crippen molar-refractivity contribution in [3.8, 4) is 0 Å². The van der Waals surface area contributed by atoms with Crippen LogP contribution in [0.15, 0.2) is 23.1 Å². The first-order valence-electron chi connectivity index (χ1n) is 7.65. The van der Waals surface area contributed by atoms with Crippen molar-refractivity contribution in [2.24, 2.45) is 11.7 Å². The fourth-order valence-electron chi connectivity index (χ4n) is 2.50. The van der Waals surface area contributed by atoms with Gasteiger partial charge in [-0.1, -0.05) is 25.4 Å². The van der Waals surface area contributed by atoms with E-state index in [1.165, 1.54) is 11.8 Å². The van der Waals surface area contributed by atoms with Crippen LogP contribution in [0.2, 0.25) is 5.02 Å². The van der Waals surface area contributed by atoms with Crippen LogP contribution in [0, 0.1) is 5.92 Å². The predicted molar refractivity (Wildman–Crippen MR) is 102 cm³/mol. The number of amides is 2. The Morgan fingerprint density at radius 2 is 2.17 bits per heavy atom. The fourth-order valence-corrected chi connectivity index (χ4v) is 3.76. The molecule has 2 unspecified atom stereocenters. The number of nitrogens with one attached hydrogen (secondary N) is 2. The minimum absolute atomic E-state index is 0. The molecule has 0 radical (unpaired) electrons. The molecule has 134 valence electrons. The lowest BCUT2D eigenvalue weighted by molar-refractivity contribution is -0.124. The first-order valence-corrected chi connectivity index (χ1v) is 8.91. The lowest BCUT2D eigenvalue weighted by Gasteiger charge is -2.25. The van der Waals surface area contributed by atoms with Gasteiger partial charge >= 0.3 is 0 Å². The molecule has 24 heavy (non-hydrogen) atoms. The molecule has 2 amide bonds. The van der Waals surface area contributed by atoms with Crippen molar-refractivity contribution in [1.29, 1.82) is 0 Å². The molecule has 1 aromatic rings. The number of anilines is 1. The summed E-state index contributed by atoms with van der Waals surface area (Å²) in [6, 6.07) is 5.29. The van der Waals surface area contributed by atoms with Crippen LogP contribution in [0.4, 0.5) is 5.69 Å². The molecule has 0 aliphatic carbocycles. The lowest BCUT2D eigenvalue weighted by atomic mass is 10.0. The summed E-state index contributed by atoms with van der Waals surface area (Å²) in [6.07, 6.45) is 0.959. The van der Waals surface area contributed by atoms with Gasteiger partial charge in [0, 0.05) is 28.9 Å². The summed E-state index contributed by atoms with van der Waals surface area (Å²) in [5.74, 6) is 0.132. The van der Waals surface area contributed by atoms with E-state index in [0.717, 1.165) is 11.3 Å². The standard InChI is InChI=1S/C16H22ClN3O2S.ClH/c1-9(2)5-11(8-18)19-15(21)7-14-16(22)20-12-6-10(17)3-4-13(12)23-14;/h3-4,6,9,11,14H,5,7-8,18H2,1-2H3,(H,19,21)(H,20,22);1H. The molecule has 8 heteroatoms. The first kappa shape index (κ1) is 21.1. The summed E-state index contributed by atoms with van der Waals surface area (Å²) >= 11 is 7.31. The molecule has 0 bridgehead atoms. The van der Waals surface area contributed by atoms with Crippen molar-refractivity contribution >= 4 is 53.3 Å². The molecule has 2 rings (SSSR count). The normalized spacial score (nSPS) is 17.5. The van der Waals surface area contributed by atoms with Crippen LogP contribution in [0.5, 0.6) is 0 Å². The first-order chi connectivity index (χ1) is 10.9. The zero-order valence-electron chi connectivity index (χ0n) is 13.7. The number of hydrogen-bond donors (Lipinski definition) is 3. The average Bonchev–Trinajstić information content (AvgIpc) is 2.47. The number of thioether (sulfide) groups is 1. The second-order valence-electron chi connectivity index (χ2n) is 6.07. The number of carbonyl (C=O) groups is 2. The Balaban J connectivity index is 0.00000288. The number of carbonyl (C=O) groups excluding carboxylic acids is 2. The Hall–Kier alpha value is -0.950. The van der Waals surface area contributed by atoms with Gasteiger partial charge in [-0.15, -0.1) is 24.2 Å². The maximum atomic E-state index is 12.2. The maximum absolute atomic E-state index is 12.2. The maximum Gasteiger partial charge on any atom is 0.238 e. The quantitative estimate of drug-likeness (QED) is 0.695. The van der Waals surface area contributed by atoms with E-state index < -0.39 is 5.25 Å². The smallest absolute Gasteiger partial charge is 0.238 e. The van der Waals surface area contributed by atoms with Crippen LogP contribution >= 0.6 is 35.8 Å². The summed E-state index contributed by atoms with van der Waals surface area (Å²) < 4.78 is 0. The Morgan fingerprint density at radius 1 is 1.46 bits per heavy atom. The minimum Gasteiger partial charge on any atom is -0.352 e. The van der Waals surface area contributed by atoms with Gasteiger partial charge in [0.1, 0.15) is 0 Å². The molecular weight excluding hydrogens is 369 g/mol. The van der Waals surface area contributed by atoms with E-state index in [1.54, 1.807) is 12.1 Å². The van der Waals surface area contributed by atoms with E-state index in [9.17, 15) is 9.59 Å². The van der Waals surface area contributed by atoms with E-state index in [0.29, 0.717) is 23.2 Å². The second-order valence-corrected chi connectivity index (χ2v) is 7.75. The fraction of sp³-hybridized carbons (Fsp3) is 0.500. The number of halogens is 2. The van der Waals surface area contributed by atoms with E-state index in [4.69, 9.17) is 17.3 Å². The largest absolute Gasteiger partial charge is 0.352 e. The van der Waals surface area contributed by atoms with Crippen LogP contribution in [-0.2, 0) is 9.59 Å². The summed E-state index contributed by atoms with van der Waals surface area (Å²) in [5, 5.41) is 5.85. The highest BCUT2D eigenvalue weighted by Crippen LogP contribution is 2.38. The van der Waals surface area contributed by atoms with Gasteiger partial charge < -0.3 is 16.4 Å². The average molecular weight is 392 g/mol. The van der Waals surface area contributed by atoms with Gasteiger partial charge in [-0.2, -0.15) is 0 Å². The Morgan fingerprint density at radius 3 is 2.79 bits per heavy atom. The predicted octanol–water partition coefficient (Wildman–Crippen LogP) is 3.05. The highest BCUT2D eigenvalue weighted by atomic mass is 35.5. The van der Waals surface area contributed by atoms with Gasteiger partial charge in [-0.25, -0.2) is 0 Å². The number of nitrogens with two attached hydrogens (primary N) is 1. The van der Waals surface area contributed by atoms with Crippen LogP contribution in [0.3, 0.4) is 0 Å². The Kier molecular flexibility index (Phi) is 8.36. The molecule has 1 aromatic carbocycles. The minimum atomic E-state index is -0.443. The van der Waals surface area contributed by atoms with Crippen molar-refractivity contribution in [3.05, 3.63) is 23.2 Å². The molecule has 0 spiro atoms. The summed E-state index contributed by atoms with van der Waals surface area (Å²) in [7, 11) is 0. The van der Waals surface area contributed by atoms with E-state index in [-0.39, 0.29) is 36.7 Å². The zero-order valence-corrected chi connectivity index (χ0v) is 16.1. The van der Waals surface area contributed by atoms with Gasteiger partial charge in [0.05, 0.1) is 10.9 Å². The Bertz CT molecular complexity index is 599. The van der Waals surface area contributed by atoms with E-state index in [2.05, 4.69) is 24.5 Å². The third kappa shape index (κ3) is 5.84. The monoisotopic (exact) mass is 391 g/mol. The number of fused-ring (bicyclic) bond motifs is 1. The zero-order chi connectivity index (χ0) is 17.0. The third-order valence-electron chi connectivity index (χ3n) is 3.54. The summed E-state index contributed by atoms with van der Waals surface area (Å²) in [6.45, 7) is 4.57. The highest BCUT2D eigenvalue weighted by molar-refractivity contribution is 8.01. The van der Waals surface area contributed by atoms with Gasteiger partial charge in [0.2, 0.25) is 11.8 Å². The van der Waals surface area contributed by atoms with Gasteiger partial charge in [-0.3, -0.25) is 9.59 Å². The topological polar surface area (TPSA) is 84.2 Å². The van der Waals surface area contributed by atoms with E-state index in [1.807, 2.05) is 6.07 Å². The van der Waals surface area contributed by atoms with Gasteiger partial charge in [0.15, 0.2) is 0 Å². The van der Waals surface area contributed by atoms with Crippen molar-refractivity contribution in [3.63, 3.8) is 0 Å². The van der Waals surface area contributed by atoms with Crippen LogP contribution in [0.25, 0.3) is 0 Å². The Labute approximate surface area is 157 Å². The van der Waals surface area contributed by atoms with Crippen molar-refractivity contribution in [1.82, 2.24) is 5.32 Å². The highest BCUT2D eigenvalue weighted by Gasteiger charge is 2.29. The molecule has 1 aliphatic rings. The summed E-state index contributed by atoms with van der Waals surface area (Å²) in [5.41, 5.74) is 6.39. The molecule has 2 atom stereocenters. The molecule has 5 nitrogen and oxygen atoms in total. The molecule has 1 aliphatic heterocycles. The van der Waals surface area contributed by atoms with Crippen molar-refractivity contribution in [2.75, 3.05) is 11.9 Å². The van der Waals surface area contributed by atoms with Crippen LogP contribution in [-0.4, -0.2) is 29.7 Å². The molecular formula is C16H23Cl2N3O2S. The molecule has 0 aromatic heterocycles. The lowest BCUT2D eigenvalue weighted by Crippen LogP contribution is -2.43. The molecule has 0 saturated carbocycles. The van der Waals surface area contributed by atoms with Gasteiger partial charge in [0.25, 0.3) is 0 Å². The molecule has 0 fully saturated rings. The van der Waals surface area contributed by atoms with E-state index >= 15 is 0 Å².